The largest absolute Gasteiger partial charge is 0.374 e. The zero-order valence-electron chi connectivity index (χ0n) is 15.0. The van der Waals surface area contributed by atoms with Crippen LogP contribution in [0, 0.1) is 0 Å². The van der Waals surface area contributed by atoms with E-state index >= 15 is 0 Å². The molecule has 2 aliphatic rings. The number of nitrogens with zero attached hydrogens (tertiary/aromatic N) is 2. The number of nitrogens with two attached hydrogens (primary N) is 1. The number of amides is 1. The van der Waals surface area contributed by atoms with Crippen LogP contribution in [-0.2, 0) is 9.53 Å². The van der Waals surface area contributed by atoms with Gasteiger partial charge < -0.3 is 10.5 Å². The number of guanidine groups is 1. The van der Waals surface area contributed by atoms with Crippen LogP contribution in [0.5, 0.6) is 0 Å². The lowest BCUT2D eigenvalue weighted by Crippen LogP contribution is -2.42. The summed E-state index contributed by atoms with van der Waals surface area (Å²) in [5.74, 6) is 0.220. The van der Waals surface area contributed by atoms with E-state index in [4.69, 9.17) is 10.5 Å². The third kappa shape index (κ3) is 3.24. The summed E-state index contributed by atoms with van der Waals surface area (Å²) in [5, 5.41) is 0. The molecule has 5 heteroatoms. The lowest BCUT2D eigenvalue weighted by Gasteiger charge is -2.34. The van der Waals surface area contributed by atoms with Gasteiger partial charge in [0.2, 0.25) is 0 Å². The smallest absolute Gasteiger partial charge is 0.256 e. The average Bonchev–Trinajstić information content (AvgIpc) is 2.84. The Morgan fingerprint density at radius 3 is 2.60 bits per heavy atom. The number of ether oxygens (including phenoxy) is 1. The summed E-state index contributed by atoms with van der Waals surface area (Å²) >= 11 is 0. The molecule has 5 nitrogen and oxygen atoms in total. The Balaban J connectivity index is 1.76. The first-order valence-electron chi connectivity index (χ1n) is 8.52. The lowest BCUT2D eigenvalue weighted by molar-refractivity contribution is -0.130. The SMILES string of the molecule is COC1(CCC2(C)N=C(N)N(C)C2=O)C=CC=C(c2ccccc2)C1. The summed E-state index contributed by atoms with van der Waals surface area (Å²) in [5.41, 5.74) is 6.99. The molecule has 2 unspecified atom stereocenters. The Morgan fingerprint density at radius 1 is 1.28 bits per heavy atom. The van der Waals surface area contributed by atoms with Crippen molar-refractivity contribution in [2.45, 2.75) is 37.3 Å². The predicted octanol–water partition coefficient (Wildman–Crippen LogP) is 2.74. The van der Waals surface area contributed by atoms with E-state index in [0.29, 0.717) is 12.8 Å². The van der Waals surface area contributed by atoms with Crippen LogP contribution in [0.15, 0.2) is 53.6 Å². The molecule has 0 saturated carbocycles. The van der Waals surface area contributed by atoms with Crippen LogP contribution in [0.2, 0.25) is 0 Å². The Hall–Kier alpha value is -2.40. The molecule has 1 aliphatic heterocycles. The van der Waals surface area contributed by atoms with Crippen LogP contribution in [0.25, 0.3) is 5.57 Å². The van der Waals surface area contributed by atoms with E-state index in [9.17, 15) is 4.79 Å². The van der Waals surface area contributed by atoms with Crippen LogP contribution in [0.4, 0.5) is 0 Å². The topological polar surface area (TPSA) is 67.9 Å². The molecular formula is C20H25N3O2. The molecule has 132 valence electrons. The third-order valence-electron chi connectivity index (χ3n) is 5.24. The highest BCUT2D eigenvalue weighted by Crippen LogP contribution is 2.38. The van der Waals surface area contributed by atoms with Crippen molar-refractivity contribution in [1.29, 1.82) is 0 Å². The highest BCUT2D eigenvalue weighted by Gasteiger charge is 2.44. The van der Waals surface area contributed by atoms with Crippen LogP contribution in [-0.4, -0.2) is 42.1 Å². The first-order valence-corrected chi connectivity index (χ1v) is 8.52. The summed E-state index contributed by atoms with van der Waals surface area (Å²) < 4.78 is 5.89. The molecule has 1 aromatic carbocycles. The van der Waals surface area contributed by atoms with Crippen molar-refractivity contribution >= 4 is 17.4 Å². The second kappa shape index (κ2) is 6.48. The van der Waals surface area contributed by atoms with Gasteiger partial charge >= 0.3 is 0 Å². The molecule has 2 N–H and O–H groups in total. The maximum atomic E-state index is 12.4. The minimum absolute atomic E-state index is 0.0603. The van der Waals surface area contributed by atoms with Gasteiger partial charge in [0.25, 0.3) is 5.91 Å². The molecule has 0 bridgehead atoms. The quantitative estimate of drug-likeness (QED) is 0.897. The van der Waals surface area contributed by atoms with Gasteiger partial charge in [-0.2, -0.15) is 0 Å². The van der Waals surface area contributed by atoms with Crippen molar-refractivity contribution in [3.05, 3.63) is 54.1 Å². The van der Waals surface area contributed by atoms with E-state index in [1.807, 2.05) is 31.2 Å². The highest BCUT2D eigenvalue weighted by molar-refractivity contribution is 6.06. The number of carbonyl (C=O) groups is 1. The van der Waals surface area contributed by atoms with Gasteiger partial charge in [0.05, 0.1) is 5.60 Å². The van der Waals surface area contributed by atoms with E-state index in [1.165, 1.54) is 16.0 Å². The van der Waals surface area contributed by atoms with Gasteiger partial charge in [0.1, 0.15) is 5.54 Å². The fraction of sp³-hybridized carbons (Fsp3) is 0.400. The van der Waals surface area contributed by atoms with E-state index in [-0.39, 0.29) is 11.9 Å². The molecule has 1 aromatic rings. The highest BCUT2D eigenvalue weighted by atomic mass is 16.5. The number of benzene rings is 1. The van der Waals surface area contributed by atoms with E-state index < -0.39 is 11.1 Å². The molecule has 0 radical (unpaired) electrons. The Morgan fingerprint density at radius 2 is 2.00 bits per heavy atom. The lowest BCUT2D eigenvalue weighted by atomic mass is 9.80. The van der Waals surface area contributed by atoms with Crippen molar-refractivity contribution in [1.82, 2.24) is 4.90 Å². The molecule has 2 atom stereocenters. The Kier molecular flexibility index (Phi) is 4.52. The minimum Gasteiger partial charge on any atom is -0.374 e. The maximum absolute atomic E-state index is 12.4. The van der Waals surface area contributed by atoms with E-state index in [0.717, 1.165) is 6.42 Å². The number of aliphatic imine (C=N–C) groups is 1. The van der Waals surface area contributed by atoms with Crippen molar-refractivity contribution < 1.29 is 9.53 Å². The molecule has 1 amide bonds. The monoisotopic (exact) mass is 339 g/mol. The molecule has 3 rings (SSSR count). The van der Waals surface area contributed by atoms with Crippen molar-refractivity contribution in [3.8, 4) is 0 Å². The number of hydrogen-bond acceptors (Lipinski definition) is 4. The number of allylic oxidation sites excluding steroid dienone is 2. The first-order chi connectivity index (χ1) is 11.9. The number of rotatable bonds is 5. The third-order valence-corrected chi connectivity index (χ3v) is 5.24. The zero-order valence-corrected chi connectivity index (χ0v) is 15.0. The van der Waals surface area contributed by atoms with Gasteiger partial charge in [0.15, 0.2) is 5.96 Å². The predicted molar refractivity (Wildman–Crippen MR) is 99.9 cm³/mol. The van der Waals surface area contributed by atoms with Crippen LogP contribution in [0.1, 0.15) is 31.7 Å². The molecular weight excluding hydrogens is 314 g/mol. The normalized spacial score (nSPS) is 28.9. The standard InChI is InChI=1S/C20H25N3O2/c1-19(17(24)23(2)18(21)22-19)12-13-20(25-3)11-7-10-16(14-20)15-8-5-4-6-9-15/h4-11H,12-14H2,1-3H3,(H2,21,22). The van der Waals surface area contributed by atoms with Gasteiger partial charge in [-0.3, -0.25) is 9.69 Å². The Bertz CT molecular complexity index is 753. The average molecular weight is 339 g/mol. The summed E-state index contributed by atoms with van der Waals surface area (Å²) in [6.45, 7) is 1.84. The van der Waals surface area contributed by atoms with Gasteiger partial charge in [0, 0.05) is 20.6 Å². The fourth-order valence-electron chi connectivity index (χ4n) is 3.50. The summed E-state index contributed by atoms with van der Waals surface area (Å²) in [6.07, 6.45) is 8.29. The number of hydrogen-bond donors (Lipinski definition) is 1. The summed E-state index contributed by atoms with van der Waals surface area (Å²) in [6, 6.07) is 10.3. The fourth-order valence-corrected chi connectivity index (χ4v) is 3.50. The van der Waals surface area contributed by atoms with E-state index in [1.54, 1.807) is 14.2 Å². The van der Waals surface area contributed by atoms with E-state index in [2.05, 4.69) is 29.3 Å². The summed E-state index contributed by atoms with van der Waals surface area (Å²) in [4.78, 5) is 18.3. The second-order valence-corrected chi connectivity index (χ2v) is 6.97. The molecule has 0 fully saturated rings. The molecule has 0 spiro atoms. The van der Waals surface area contributed by atoms with Crippen LogP contribution in [0.3, 0.4) is 0 Å². The van der Waals surface area contributed by atoms with Gasteiger partial charge in [-0.15, -0.1) is 0 Å². The summed E-state index contributed by atoms with van der Waals surface area (Å²) in [7, 11) is 3.39. The van der Waals surface area contributed by atoms with Crippen LogP contribution >= 0.6 is 0 Å². The van der Waals surface area contributed by atoms with Gasteiger partial charge in [-0.25, -0.2) is 4.99 Å². The second-order valence-electron chi connectivity index (χ2n) is 6.97. The van der Waals surface area contributed by atoms with Crippen molar-refractivity contribution in [2.24, 2.45) is 10.7 Å². The number of methoxy groups -OCH3 is 1. The first kappa shape index (κ1) is 17.4. The van der Waals surface area contributed by atoms with Gasteiger partial charge in [-0.1, -0.05) is 48.6 Å². The van der Waals surface area contributed by atoms with Gasteiger partial charge in [-0.05, 0) is 30.9 Å². The number of likely N-dealkylation sites (N-methyl/N-ethyl adjacent to an activating group) is 1. The number of carbonyl (C=O) groups excluding carboxylic acids is 1. The minimum atomic E-state index is -0.813. The maximum Gasteiger partial charge on any atom is 0.256 e. The zero-order chi connectivity index (χ0) is 18.1. The molecule has 1 aliphatic carbocycles. The van der Waals surface area contributed by atoms with Crippen molar-refractivity contribution in [2.75, 3.05) is 14.2 Å². The van der Waals surface area contributed by atoms with Crippen molar-refractivity contribution in [3.63, 3.8) is 0 Å². The van der Waals surface area contributed by atoms with Crippen LogP contribution < -0.4 is 5.73 Å². The molecule has 0 aromatic heterocycles. The molecule has 0 saturated heterocycles. The Labute approximate surface area is 148 Å². The molecule has 1 heterocycles. The molecule has 25 heavy (non-hydrogen) atoms.